The number of hydrogen-bond donors (Lipinski definition) is 1. The molecule has 0 aromatic carbocycles. The summed E-state index contributed by atoms with van der Waals surface area (Å²) in [4.78, 5) is 3.96. The first kappa shape index (κ1) is 15.3. The Bertz CT molecular complexity index is 379. The SMILES string of the molecule is C[C@@H](N[S+]([O-])C(C)(C)C)c1ccc(C(F)F)cn1. The molecule has 1 aromatic heterocycles. The van der Waals surface area contributed by atoms with Crippen molar-refractivity contribution in [3.8, 4) is 0 Å². The molecular weight excluding hydrogens is 258 g/mol. The molecule has 18 heavy (non-hydrogen) atoms. The molecule has 3 nitrogen and oxygen atoms in total. The minimum atomic E-state index is -2.52. The summed E-state index contributed by atoms with van der Waals surface area (Å²) in [6.45, 7) is 7.37. The third-order valence-corrected chi connectivity index (χ3v) is 4.02. The van der Waals surface area contributed by atoms with E-state index in [1.807, 2.05) is 20.8 Å². The molecule has 0 bridgehead atoms. The van der Waals surface area contributed by atoms with Crippen molar-refractivity contribution in [2.45, 2.75) is 44.9 Å². The maximum Gasteiger partial charge on any atom is 0.265 e. The van der Waals surface area contributed by atoms with Gasteiger partial charge in [0.25, 0.3) is 6.43 Å². The average molecular weight is 276 g/mol. The van der Waals surface area contributed by atoms with Crippen LogP contribution in [0.4, 0.5) is 8.78 Å². The highest BCUT2D eigenvalue weighted by molar-refractivity contribution is 7.90. The summed E-state index contributed by atoms with van der Waals surface area (Å²) in [6, 6.07) is 2.61. The molecule has 0 saturated carbocycles. The molecule has 0 fully saturated rings. The van der Waals surface area contributed by atoms with E-state index < -0.39 is 17.8 Å². The van der Waals surface area contributed by atoms with Crippen molar-refractivity contribution in [1.29, 1.82) is 0 Å². The molecule has 1 aromatic rings. The van der Waals surface area contributed by atoms with Crippen LogP contribution >= 0.6 is 0 Å². The minimum absolute atomic E-state index is 0.108. The first-order valence-corrected chi connectivity index (χ1v) is 6.79. The summed E-state index contributed by atoms with van der Waals surface area (Å²) in [5.74, 6) is 0. The quantitative estimate of drug-likeness (QED) is 0.859. The standard InChI is InChI=1S/C12H18F2N2OS/c1-8(16-18(17)12(2,3)4)10-6-5-9(7-15-10)11(13)14/h5-8,11,16H,1-4H3/t8-,18?/m1/s1. The zero-order valence-corrected chi connectivity index (χ0v) is 11.7. The molecule has 0 aliphatic rings. The van der Waals surface area contributed by atoms with Crippen LogP contribution in [-0.4, -0.2) is 14.3 Å². The average Bonchev–Trinajstić information content (AvgIpc) is 2.27. The van der Waals surface area contributed by atoms with Crippen molar-refractivity contribution in [2.75, 3.05) is 0 Å². The van der Waals surface area contributed by atoms with E-state index in [4.69, 9.17) is 0 Å². The van der Waals surface area contributed by atoms with Gasteiger partial charge in [0.05, 0.1) is 11.7 Å². The molecule has 1 heterocycles. The zero-order chi connectivity index (χ0) is 13.9. The van der Waals surface area contributed by atoms with Gasteiger partial charge in [-0.3, -0.25) is 4.98 Å². The van der Waals surface area contributed by atoms with E-state index in [9.17, 15) is 13.3 Å². The molecule has 102 valence electrons. The lowest BCUT2D eigenvalue weighted by Crippen LogP contribution is -2.40. The van der Waals surface area contributed by atoms with Crippen LogP contribution in [0.5, 0.6) is 0 Å². The molecule has 0 aliphatic heterocycles. The Kier molecular flexibility index (Phi) is 5.07. The molecular formula is C12H18F2N2OS. The van der Waals surface area contributed by atoms with Gasteiger partial charge in [0.2, 0.25) is 0 Å². The second-order valence-corrected chi connectivity index (χ2v) is 7.04. The van der Waals surface area contributed by atoms with Crippen LogP contribution in [0.15, 0.2) is 18.3 Å². The highest BCUT2D eigenvalue weighted by Gasteiger charge is 2.28. The largest absolute Gasteiger partial charge is 0.598 e. The van der Waals surface area contributed by atoms with Crippen molar-refractivity contribution in [2.24, 2.45) is 0 Å². The highest BCUT2D eigenvalue weighted by atomic mass is 32.2. The van der Waals surface area contributed by atoms with E-state index in [1.54, 1.807) is 6.92 Å². The van der Waals surface area contributed by atoms with Gasteiger partial charge in [-0.25, -0.2) is 8.78 Å². The fraction of sp³-hybridized carbons (Fsp3) is 0.583. The predicted molar refractivity (Wildman–Crippen MR) is 68.6 cm³/mol. The van der Waals surface area contributed by atoms with Gasteiger partial charge >= 0.3 is 0 Å². The maximum atomic E-state index is 12.4. The van der Waals surface area contributed by atoms with Crippen molar-refractivity contribution in [3.05, 3.63) is 29.6 Å². The van der Waals surface area contributed by atoms with E-state index in [2.05, 4.69) is 9.71 Å². The molecule has 1 rings (SSSR count). The number of nitrogens with zero attached hydrogens (tertiary/aromatic N) is 1. The zero-order valence-electron chi connectivity index (χ0n) is 10.9. The Morgan fingerprint density at radius 3 is 2.33 bits per heavy atom. The molecule has 0 spiro atoms. The summed E-state index contributed by atoms with van der Waals surface area (Å²) >= 11 is -1.22. The van der Waals surface area contributed by atoms with Crippen LogP contribution in [-0.2, 0) is 11.4 Å². The lowest BCUT2D eigenvalue weighted by molar-refractivity contribution is 0.151. The monoisotopic (exact) mass is 276 g/mol. The summed E-state index contributed by atoms with van der Waals surface area (Å²) in [5, 5.41) is 0. The number of alkyl halides is 2. The first-order chi connectivity index (χ1) is 8.21. The number of pyridine rings is 1. The summed E-state index contributed by atoms with van der Waals surface area (Å²) in [6.07, 6.45) is -1.36. The number of aromatic nitrogens is 1. The Morgan fingerprint density at radius 2 is 1.94 bits per heavy atom. The van der Waals surface area contributed by atoms with Crippen molar-refractivity contribution >= 4 is 11.4 Å². The molecule has 2 atom stereocenters. The van der Waals surface area contributed by atoms with Gasteiger partial charge in [-0.15, -0.1) is 4.72 Å². The van der Waals surface area contributed by atoms with Crippen LogP contribution < -0.4 is 4.72 Å². The molecule has 0 amide bonds. The Hall–Kier alpha value is -0.720. The fourth-order valence-electron chi connectivity index (χ4n) is 1.20. The predicted octanol–water partition coefficient (Wildman–Crippen LogP) is 3.13. The lowest BCUT2D eigenvalue weighted by atomic mass is 10.2. The van der Waals surface area contributed by atoms with Crippen molar-refractivity contribution < 1.29 is 13.3 Å². The van der Waals surface area contributed by atoms with Crippen LogP contribution in [0.3, 0.4) is 0 Å². The van der Waals surface area contributed by atoms with Gasteiger partial charge in [0.15, 0.2) is 0 Å². The second-order valence-electron chi connectivity index (χ2n) is 5.04. The number of halogens is 2. The van der Waals surface area contributed by atoms with Gasteiger partial charge in [-0.1, -0.05) is 0 Å². The Labute approximate surface area is 109 Å². The fourth-order valence-corrected chi connectivity index (χ4v) is 2.00. The molecule has 0 aliphatic carbocycles. The van der Waals surface area contributed by atoms with Gasteiger partial charge in [-0.2, -0.15) is 0 Å². The Morgan fingerprint density at radius 1 is 1.33 bits per heavy atom. The molecule has 0 radical (unpaired) electrons. The normalized spacial score (nSPS) is 15.8. The van der Waals surface area contributed by atoms with E-state index in [0.29, 0.717) is 5.69 Å². The van der Waals surface area contributed by atoms with Gasteiger partial charge in [0, 0.05) is 23.1 Å². The topological polar surface area (TPSA) is 48.0 Å². The number of nitrogens with one attached hydrogen (secondary N) is 1. The molecule has 0 saturated heterocycles. The van der Waals surface area contributed by atoms with Gasteiger partial charge in [-0.05, 0) is 39.8 Å². The summed E-state index contributed by atoms with van der Waals surface area (Å²) in [7, 11) is 0. The first-order valence-electron chi connectivity index (χ1n) is 5.64. The van der Waals surface area contributed by atoms with E-state index in [1.165, 1.54) is 12.1 Å². The third kappa shape index (κ3) is 4.19. The van der Waals surface area contributed by atoms with Crippen LogP contribution in [0.1, 0.15) is 51.4 Å². The smallest absolute Gasteiger partial charge is 0.265 e. The van der Waals surface area contributed by atoms with Crippen LogP contribution in [0, 0.1) is 0 Å². The lowest BCUT2D eigenvalue weighted by Gasteiger charge is -2.26. The number of hydrogen-bond acceptors (Lipinski definition) is 3. The van der Waals surface area contributed by atoms with Crippen LogP contribution in [0.2, 0.25) is 0 Å². The summed E-state index contributed by atoms with van der Waals surface area (Å²) < 4.78 is 39.1. The van der Waals surface area contributed by atoms with Crippen LogP contribution in [0.25, 0.3) is 0 Å². The molecule has 1 unspecified atom stereocenters. The van der Waals surface area contributed by atoms with Crippen molar-refractivity contribution in [1.82, 2.24) is 9.71 Å². The highest BCUT2D eigenvalue weighted by Crippen LogP contribution is 2.21. The maximum absolute atomic E-state index is 12.4. The Balaban J connectivity index is 2.70. The van der Waals surface area contributed by atoms with E-state index >= 15 is 0 Å². The minimum Gasteiger partial charge on any atom is -0.598 e. The number of rotatable bonds is 4. The third-order valence-electron chi connectivity index (χ3n) is 2.34. The molecule has 6 heteroatoms. The van der Waals surface area contributed by atoms with Gasteiger partial charge < -0.3 is 4.55 Å². The van der Waals surface area contributed by atoms with Gasteiger partial charge in [0.1, 0.15) is 4.75 Å². The van der Waals surface area contributed by atoms with E-state index in [-0.39, 0.29) is 16.4 Å². The summed E-state index contributed by atoms with van der Waals surface area (Å²) in [5.41, 5.74) is 0.486. The van der Waals surface area contributed by atoms with E-state index in [0.717, 1.165) is 6.20 Å². The van der Waals surface area contributed by atoms with Crippen molar-refractivity contribution in [3.63, 3.8) is 0 Å². The molecule has 1 N–H and O–H groups in total. The second kappa shape index (κ2) is 5.95.